The Morgan fingerprint density at radius 3 is 1.89 bits per heavy atom. The summed E-state index contributed by atoms with van der Waals surface area (Å²) in [6.45, 7) is 14.7. The number of hydrogen-bond acceptors (Lipinski definition) is 1. The fraction of sp³-hybridized carbons (Fsp3) is 0.647. The third kappa shape index (κ3) is 5.22. The van der Waals surface area contributed by atoms with Crippen LogP contribution in [0.3, 0.4) is 0 Å². The van der Waals surface area contributed by atoms with Crippen LogP contribution in [0, 0.1) is 5.41 Å². The molecule has 1 aromatic carbocycles. The molecule has 1 N–H and O–H groups in total. The van der Waals surface area contributed by atoms with Gasteiger partial charge in [0.2, 0.25) is 0 Å². The van der Waals surface area contributed by atoms with Gasteiger partial charge in [0.25, 0.3) is 0 Å². The van der Waals surface area contributed by atoms with Crippen molar-refractivity contribution in [1.82, 2.24) is 5.32 Å². The fourth-order valence-corrected chi connectivity index (χ4v) is 1.95. The zero-order valence-electron chi connectivity index (χ0n) is 12.9. The van der Waals surface area contributed by atoms with Crippen LogP contribution in [-0.2, 0) is 0 Å². The second-order valence-corrected chi connectivity index (χ2v) is 6.81. The van der Waals surface area contributed by atoms with Gasteiger partial charge >= 0.3 is 0 Å². The highest BCUT2D eigenvalue weighted by atomic mass is 14.9. The Labute approximate surface area is 113 Å². The van der Waals surface area contributed by atoms with Gasteiger partial charge in [-0.1, -0.05) is 58.9 Å². The summed E-state index contributed by atoms with van der Waals surface area (Å²) in [5.74, 6) is 0.614. The molecule has 0 aliphatic rings. The molecule has 0 radical (unpaired) electrons. The highest BCUT2D eigenvalue weighted by molar-refractivity contribution is 5.26. The Balaban J connectivity index is 2.49. The van der Waals surface area contributed by atoms with Crippen LogP contribution in [0.25, 0.3) is 0 Å². The van der Waals surface area contributed by atoms with Gasteiger partial charge in [-0.2, -0.15) is 0 Å². The molecule has 1 heteroatoms. The summed E-state index contributed by atoms with van der Waals surface area (Å²) in [4.78, 5) is 0. The van der Waals surface area contributed by atoms with Gasteiger partial charge in [0, 0.05) is 6.04 Å². The molecule has 102 valence electrons. The largest absolute Gasteiger partial charge is 0.310 e. The maximum absolute atomic E-state index is 3.60. The van der Waals surface area contributed by atoms with Crippen molar-refractivity contribution in [3.8, 4) is 0 Å². The Morgan fingerprint density at radius 2 is 1.44 bits per heavy atom. The predicted molar refractivity (Wildman–Crippen MR) is 81.0 cm³/mol. The molecule has 0 saturated heterocycles. The molecular weight excluding hydrogens is 218 g/mol. The molecule has 18 heavy (non-hydrogen) atoms. The van der Waals surface area contributed by atoms with E-state index in [-0.39, 0.29) is 0 Å². The summed E-state index contributed by atoms with van der Waals surface area (Å²) < 4.78 is 0. The quantitative estimate of drug-likeness (QED) is 0.780. The predicted octanol–water partition coefficient (Wildman–Crippen LogP) is 4.90. The third-order valence-electron chi connectivity index (χ3n) is 3.43. The summed E-state index contributed by atoms with van der Waals surface area (Å²) >= 11 is 0. The van der Waals surface area contributed by atoms with Crippen LogP contribution in [0.5, 0.6) is 0 Å². The van der Waals surface area contributed by atoms with Crippen molar-refractivity contribution < 1.29 is 0 Å². The minimum atomic E-state index is 0.411. The first-order valence-electron chi connectivity index (χ1n) is 7.13. The van der Waals surface area contributed by atoms with E-state index < -0.39 is 0 Å². The average Bonchev–Trinajstić information content (AvgIpc) is 2.27. The fourth-order valence-electron chi connectivity index (χ4n) is 1.95. The van der Waals surface area contributed by atoms with E-state index in [4.69, 9.17) is 0 Å². The summed E-state index contributed by atoms with van der Waals surface area (Å²) in [5, 5.41) is 3.60. The van der Waals surface area contributed by atoms with Crippen LogP contribution >= 0.6 is 0 Å². The number of hydrogen-bond donors (Lipinski definition) is 1. The first kappa shape index (κ1) is 15.2. The molecule has 0 bridgehead atoms. The monoisotopic (exact) mass is 247 g/mol. The standard InChI is InChI=1S/C17H29N/c1-13(2)15-7-9-16(10-8-15)14(3)18-12-11-17(4,5)6/h7-10,13-14,18H,11-12H2,1-6H3. The minimum Gasteiger partial charge on any atom is -0.310 e. The zero-order chi connectivity index (χ0) is 13.8. The second-order valence-electron chi connectivity index (χ2n) is 6.81. The lowest BCUT2D eigenvalue weighted by molar-refractivity contribution is 0.358. The van der Waals surface area contributed by atoms with Crippen LogP contribution in [0.2, 0.25) is 0 Å². The maximum Gasteiger partial charge on any atom is 0.0291 e. The molecule has 0 amide bonds. The normalized spacial score (nSPS) is 13.9. The van der Waals surface area contributed by atoms with Crippen molar-refractivity contribution in [1.29, 1.82) is 0 Å². The van der Waals surface area contributed by atoms with Crippen molar-refractivity contribution in [3.05, 3.63) is 35.4 Å². The number of nitrogens with one attached hydrogen (secondary N) is 1. The lowest BCUT2D eigenvalue weighted by atomic mass is 9.92. The van der Waals surface area contributed by atoms with E-state index in [1.165, 1.54) is 17.5 Å². The molecule has 0 heterocycles. The summed E-state index contributed by atoms with van der Waals surface area (Å²) in [6, 6.07) is 9.45. The van der Waals surface area contributed by atoms with Crippen molar-refractivity contribution in [3.63, 3.8) is 0 Å². The van der Waals surface area contributed by atoms with Crippen molar-refractivity contribution in [2.45, 2.75) is 59.9 Å². The van der Waals surface area contributed by atoms with Gasteiger partial charge in [0.1, 0.15) is 0 Å². The van der Waals surface area contributed by atoms with Crippen LogP contribution < -0.4 is 5.32 Å². The van der Waals surface area contributed by atoms with E-state index in [0.29, 0.717) is 17.4 Å². The summed E-state index contributed by atoms with van der Waals surface area (Å²) in [6.07, 6.45) is 1.21. The van der Waals surface area contributed by atoms with Gasteiger partial charge in [-0.25, -0.2) is 0 Å². The van der Waals surface area contributed by atoms with E-state index in [9.17, 15) is 0 Å². The summed E-state index contributed by atoms with van der Waals surface area (Å²) in [5.41, 5.74) is 3.21. The minimum absolute atomic E-state index is 0.411. The van der Waals surface area contributed by atoms with E-state index >= 15 is 0 Å². The van der Waals surface area contributed by atoms with Crippen molar-refractivity contribution in [2.24, 2.45) is 5.41 Å². The molecule has 0 aliphatic carbocycles. The van der Waals surface area contributed by atoms with E-state index in [0.717, 1.165) is 6.54 Å². The summed E-state index contributed by atoms with van der Waals surface area (Å²) in [7, 11) is 0. The van der Waals surface area contributed by atoms with E-state index in [1.54, 1.807) is 0 Å². The van der Waals surface area contributed by atoms with Crippen LogP contribution in [0.4, 0.5) is 0 Å². The lowest BCUT2D eigenvalue weighted by Gasteiger charge is -2.21. The number of rotatable bonds is 5. The molecule has 1 unspecified atom stereocenters. The molecule has 0 aromatic heterocycles. The number of benzene rings is 1. The third-order valence-corrected chi connectivity index (χ3v) is 3.43. The first-order chi connectivity index (χ1) is 8.29. The molecular formula is C17H29N. The Morgan fingerprint density at radius 1 is 0.944 bits per heavy atom. The second kappa shape index (κ2) is 6.38. The molecule has 1 aromatic rings. The smallest absolute Gasteiger partial charge is 0.0291 e. The van der Waals surface area contributed by atoms with Crippen LogP contribution in [-0.4, -0.2) is 6.54 Å². The van der Waals surface area contributed by atoms with Gasteiger partial charge in [-0.05, 0) is 42.3 Å². The van der Waals surface area contributed by atoms with Crippen LogP contribution in [0.15, 0.2) is 24.3 Å². The SMILES string of the molecule is CC(C)c1ccc(C(C)NCCC(C)(C)C)cc1. The molecule has 0 aliphatic heterocycles. The van der Waals surface area contributed by atoms with Crippen molar-refractivity contribution >= 4 is 0 Å². The Hall–Kier alpha value is -0.820. The van der Waals surface area contributed by atoms with Gasteiger partial charge in [-0.15, -0.1) is 0 Å². The molecule has 1 rings (SSSR count). The van der Waals surface area contributed by atoms with Gasteiger partial charge in [-0.3, -0.25) is 0 Å². The zero-order valence-corrected chi connectivity index (χ0v) is 12.9. The lowest BCUT2D eigenvalue weighted by Crippen LogP contribution is -2.23. The van der Waals surface area contributed by atoms with E-state index in [2.05, 4.69) is 71.1 Å². The highest BCUT2D eigenvalue weighted by Crippen LogP contribution is 2.20. The molecule has 0 fully saturated rings. The molecule has 0 saturated carbocycles. The molecule has 0 spiro atoms. The maximum atomic E-state index is 3.60. The average molecular weight is 247 g/mol. The highest BCUT2D eigenvalue weighted by Gasteiger charge is 2.11. The van der Waals surface area contributed by atoms with Gasteiger partial charge in [0.05, 0.1) is 0 Å². The van der Waals surface area contributed by atoms with Gasteiger partial charge in [0.15, 0.2) is 0 Å². The Kier molecular flexibility index (Phi) is 5.40. The van der Waals surface area contributed by atoms with E-state index in [1.807, 2.05) is 0 Å². The van der Waals surface area contributed by atoms with Crippen LogP contribution in [0.1, 0.15) is 71.0 Å². The molecule has 1 atom stereocenters. The Bertz CT molecular complexity index is 343. The molecule has 1 nitrogen and oxygen atoms in total. The van der Waals surface area contributed by atoms with Crippen molar-refractivity contribution in [2.75, 3.05) is 6.54 Å². The first-order valence-corrected chi connectivity index (χ1v) is 7.13. The topological polar surface area (TPSA) is 12.0 Å². The van der Waals surface area contributed by atoms with Gasteiger partial charge < -0.3 is 5.32 Å².